The van der Waals surface area contributed by atoms with Gasteiger partial charge in [-0.1, -0.05) is 5.92 Å². The first kappa shape index (κ1) is 21.3. The molecule has 32 heavy (non-hydrogen) atoms. The normalized spacial score (nSPS) is 22.7. The maximum atomic E-state index is 13.6. The van der Waals surface area contributed by atoms with Crippen LogP contribution in [0.4, 0.5) is 15.0 Å². The Kier molecular flexibility index (Phi) is 5.28. The molecule has 168 valence electrons. The summed E-state index contributed by atoms with van der Waals surface area (Å²) in [5.41, 5.74) is 4.10. The van der Waals surface area contributed by atoms with E-state index in [9.17, 15) is 19.1 Å². The third-order valence-corrected chi connectivity index (χ3v) is 4.85. The number of halogens is 1. The van der Waals surface area contributed by atoms with Crippen molar-refractivity contribution >= 4 is 23.1 Å². The number of nitrogens with zero attached hydrogens (tertiary/aromatic N) is 4. The molecule has 1 aliphatic rings. The maximum absolute atomic E-state index is 13.6. The molecule has 0 radical (unpaired) electrons. The fraction of sp³-hybridized carbons (Fsp3) is 0.389. The number of rotatable bonds is 5. The highest BCUT2D eigenvalue weighted by Gasteiger charge is 2.49. The van der Waals surface area contributed by atoms with E-state index < -0.39 is 49.2 Å². The molecule has 0 amide bonds. The zero-order valence-electron chi connectivity index (χ0n) is 16.5. The minimum absolute atomic E-state index is 0.0105. The predicted molar refractivity (Wildman–Crippen MR) is 100 cm³/mol. The number of fused-ring (bicyclic) bond motifs is 1. The van der Waals surface area contributed by atoms with Gasteiger partial charge in [-0.05, 0) is 6.92 Å². The highest BCUT2D eigenvalue weighted by atomic mass is 19.1. The lowest BCUT2D eigenvalue weighted by atomic mass is 9.99. The molecule has 1 aliphatic heterocycles. The van der Waals surface area contributed by atoms with Crippen molar-refractivity contribution in [2.24, 2.45) is 0 Å². The number of carbonyl (C=O) groups excluding carboxylic acids is 1. The summed E-state index contributed by atoms with van der Waals surface area (Å²) in [6, 6.07) is 0. The van der Waals surface area contributed by atoms with Gasteiger partial charge in [-0.15, -0.1) is 6.42 Å². The Morgan fingerprint density at radius 1 is 1.47 bits per heavy atom. The van der Waals surface area contributed by atoms with Crippen LogP contribution in [0.1, 0.15) is 24.2 Å². The van der Waals surface area contributed by atoms with E-state index in [1.165, 1.54) is 17.8 Å². The number of carbonyl (C=O) groups is 1. The fourth-order valence-electron chi connectivity index (χ4n) is 3.18. The Bertz CT molecular complexity index is 1280. The third-order valence-electron chi connectivity index (χ3n) is 4.85. The number of imidazole rings is 1. The first-order valence-corrected chi connectivity index (χ1v) is 9.10. The number of hydrogen-bond acceptors (Lipinski definition) is 12. The monoisotopic (exact) mass is 449 g/mol. The summed E-state index contributed by atoms with van der Waals surface area (Å²) in [7, 11) is 0. The largest absolute Gasteiger partial charge is 0.519 e. The van der Waals surface area contributed by atoms with Crippen molar-refractivity contribution in [1.82, 2.24) is 19.5 Å². The van der Waals surface area contributed by atoms with Crippen LogP contribution in [0, 0.1) is 25.3 Å². The smallest absolute Gasteiger partial charge is 0.430 e. The minimum Gasteiger partial charge on any atom is -0.430 e. The van der Waals surface area contributed by atoms with E-state index in [-0.39, 0.29) is 34.9 Å². The Hall–Kier alpha value is -3.96. The van der Waals surface area contributed by atoms with Gasteiger partial charge in [-0.2, -0.15) is 14.4 Å². The molecule has 1 fully saturated rings. The van der Waals surface area contributed by atoms with Crippen LogP contribution >= 0.6 is 0 Å². The zero-order chi connectivity index (χ0) is 23.0. The van der Waals surface area contributed by atoms with Gasteiger partial charge in [0.1, 0.15) is 18.9 Å². The first-order chi connectivity index (χ1) is 15.2. The van der Waals surface area contributed by atoms with Crippen LogP contribution in [0.3, 0.4) is 0 Å². The molecule has 0 spiro atoms. The predicted octanol–water partition coefficient (Wildman–Crippen LogP) is 0.407. The van der Waals surface area contributed by atoms with Crippen molar-refractivity contribution in [3.8, 4) is 12.3 Å². The number of nitrogen functional groups attached to an aromatic ring is 1. The fourth-order valence-corrected chi connectivity index (χ4v) is 3.18. The van der Waals surface area contributed by atoms with Crippen LogP contribution in [-0.2, 0) is 20.8 Å². The van der Waals surface area contributed by atoms with Crippen LogP contribution in [0.2, 0.25) is 0 Å². The highest BCUT2D eigenvalue weighted by Crippen LogP contribution is 2.38. The summed E-state index contributed by atoms with van der Waals surface area (Å²) in [4.78, 5) is 34.0. The quantitative estimate of drug-likeness (QED) is 0.312. The van der Waals surface area contributed by atoms with Crippen LogP contribution in [0.15, 0.2) is 20.0 Å². The molecule has 4 heterocycles. The molecule has 4 rings (SSSR count). The van der Waals surface area contributed by atoms with Gasteiger partial charge < -0.3 is 33.9 Å². The second-order valence-corrected chi connectivity index (χ2v) is 6.82. The SMILES string of the molecule is C#C[C@]1(COC(=O)OCc2oc(=O)oc2C)O[C@H](n2cnc3c(N)nc(F)nc32)C[C@@H]1O. The summed E-state index contributed by atoms with van der Waals surface area (Å²) in [5, 5.41) is 10.5. The van der Waals surface area contributed by atoms with Crippen LogP contribution in [-0.4, -0.2) is 49.1 Å². The minimum atomic E-state index is -1.73. The van der Waals surface area contributed by atoms with Crippen molar-refractivity contribution in [3.05, 3.63) is 34.5 Å². The molecule has 3 aromatic rings. The van der Waals surface area contributed by atoms with Gasteiger partial charge in [0, 0.05) is 6.42 Å². The van der Waals surface area contributed by atoms with E-state index in [0.717, 1.165) is 0 Å². The summed E-state index contributed by atoms with van der Waals surface area (Å²) < 4.78 is 39.9. The van der Waals surface area contributed by atoms with E-state index in [0.29, 0.717) is 0 Å². The van der Waals surface area contributed by atoms with Crippen molar-refractivity contribution in [2.75, 3.05) is 12.3 Å². The standard InChI is InChI=1S/C18H16FN5O8/c1-3-18(6-29-16(26)28-5-9-8(2)30-17(27)31-9)10(25)4-11(32-18)24-7-21-12-13(20)22-15(19)23-14(12)24/h1,7,10-11,25H,4-6H2,2H3,(H2,20,22,23)/t10-,11-,18+/m0/s1. The zero-order valence-corrected chi connectivity index (χ0v) is 16.5. The molecular weight excluding hydrogens is 433 g/mol. The molecule has 0 bridgehead atoms. The van der Waals surface area contributed by atoms with Crippen LogP contribution in [0.5, 0.6) is 0 Å². The number of terminal acetylenes is 1. The summed E-state index contributed by atoms with van der Waals surface area (Å²) in [6.07, 6.45) is 2.40. The third kappa shape index (κ3) is 3.74. The Morgan fingerprint density at radius 3 is 2.94 bits per heavy atom. The second-order valence-electron chi connectivity index (χ2n) is 6.82. The molecule has 3 aromatic heterocycles. The number of nitrogens with two attached hydrogens (primary N) is 1. The lowest BCUT2D eigenvalue weighted by Gasteiger charge is -2.25. The van der Waals surface area contributed by atoms with E-state index in [1.54, 1.807) is 0 Å². The van der Waals surface area contributed by atoms with E-state index in [1.807, 2.05) is 0 Å². The molecule has 0 unspecified atom stereocenters. The Morgan fingerprint density at radius 2 is 2.25 bits per heavy atom. The first-order valence-electron chi connectivity index (χ1n) is 9.10. The number of aliphatic hydroxyl groups is 1. The molecule has 0 saturated carbocycles. The molecular formula is C18H16FN5O8. The number of aryl methyl sites for hydroxylation is 1. The molecule has 3 atom stereocenters. The van der Waals surface area contributed by atoms with Crippen LogP contribution in [0.25, 0.3) is 11.2 Å². The molecule has 0 aliphatic carbocycles. The number of hydrogen-bond donors (Lipinski definition) is 2. The summed E-state index contributed by atoms with van der Waals surface area (Å²) >= 11 is 0. The van der Waals surface area contributed by atoms with E-state index in [2.05, 4.69) is 25.3 Å². The average Bonchev–Trinajstić information content (AvgIpc) is 3.40. The molecule has 14 heteroatoms. The number of aromatic nitrogens is 4. The van der Waals surface area contributed by atoms with Gasteiger partial charge in [0.25, 0.3) is 0 Å². The summed E-state index contributed by atoms with van der Waals surface area (Å²) in [5.74, 6) is 1.34. The van der Waals surface area contributed by atoms with Crippen molar-refractivity contribution in [2.45, 2.75) is 37.9 Å². The van der Waals surface area contributed by atoms with E-state index >= 15 is 0 Å². The lowest BCUT2D eigenvalue weighted by Crippen LogP contribution is -2.43. The van der Waals surface area contributed by atoms with Crippen molar-refractivity contribution in [3.63, 3.8) is 0 Å². The van der Waals surface area contributed by atoms with Gasteiger partial charge in [0.15, 0.2) is 40.7 Å². The van der Waals surface area contributed by atoms with E-state index in [4.69, 9.17) is 30.8 Å². The van der Waals surface area contributed by atoms with Gasteiger partial charge >= 0.3 is 18.1 Å². The van der Waals surface area contributed by atoms with Crippen LogP contribution < -0.4 is 11.6 Å². The molecule has 3 N–H and O–H groups in total. The maximum Gasteiger partial charge on any atom is 0.519 e. The lowest BCUT2D eigenvalue weighted by molar-refractivity contribution is -0.0987. The van der Waals surface area contributed by atoms with Crippen molar-refractivity contribution in [1.29, 1.82) is 0 Å². The second kappa shape index (κ2) is 7.94. The average molecular weight is 449 g/mol. The van der Waals surface area contributed by atoms with Gasteiger partial charge in [-0.3, -0.25) is 4.57 Å². The number of ether oxygens (including phenoxy) is 3. The number of aliphatic hydroxyl groups excluding tert-OH is 1. The van der Waals surface area contributed by atoms with Gasteiger partial charge in [0.2, 0.25) is 0 Å². The van der Waals surface area contributed by atoms with Gasteiger partial charge in [0.05, 0.1) is 6.33 Å². The molecule has 13 nitrogen and oxygen atoms in total. The molecule has 0 aromatic carbocycles. The topological polar surface area (TPSA) is 178 Å². The highest BCUT2D eigenvalue weighted by molar-refractivity contribution is 5.81. The Balaban J connectivity index is 1.44. The Labute approximate surface area is 177 Å². The summed E-state index contributed by atoms with van der Waals surface area (Å²) in [6.45, 7) is 0.473. The molecule has 1 saturated heterocycles. The van der Waals surface area contributed by atoms with Crippen molar-refractivity contribution < 1.29 is 37.3 Å². The van der Waals surface area contributed by atoms with Gasteiger partial charge in [-0.25, -0.2) is 14.6 Å². The number of anilines is 1.